The van der Waals surface area contributed by atoms with E-state index in [1.165, 1.54) is 23.4 Å². The van der Waals surface area contributed by atoms with E-state index in [4.69, 9.17) is 4.74 Å². The van der Waals surface area contributed by atoms with E-state index in [9.17, 15) is 23.3 Å². The predicted octanol–water partition coefficient (Wildman–Crippen LogP) is 3.77. The first-order chi connectivity index (χ1) is 14.2. The van der Waals surface area contributed by atoms with Crippen LogP contribution in [0.25, 0.3) is 0 Å². The molecule has 0 bridgehead atoms. The Balaban J connectivity index is 1.87. The average molecular weight is 433 g/mol. The van der Waals surface area contributed by atoms with Gasteiger partial charge in [-0.2, -0.15) is 4.31 Å². The summed E-state index contributed by atoms with van der Waals surface area (Å²) in [6.45, 7) is 4.17. The summed E-state index contributed by atoms with van der Waals surface area (Å²) in [5.74, 6) is 0.261. The van der Waals surface area contributed by atoms with E-state index in [2.05, 4.69) is 5.32 Å². The van der Waals surface area contributed by atoms with Crippen molar-refractivity contribution in [2.45, 2.75) is 31.6 Å². The second-order valence-corrected chi connectivity index (χ2v) is 9.24. The van der Waals surface area contributed by atoms with Gasteiger partial charge in [0.1, 0.15) is 5.75 Å². The Labute approximate surface area is 174 Å². The number of nitrogens with zero attached hydrogens (tertiary/aromatic N) is 2. The van der Waals surface area contributed by atoms with E-state index in [0.717, 1.165) is 18.9 Å². The van der Waals surface area contributed by atoms with Crippen LogP contribution in [0.5, 0.6) is 11.5 Å². The van der Waals surface area contributed by atoms with Crippen molar-refractivity contribution in [2.75, 3.05) is 18.4 Å². The number of carbonyl (C=O) groups is 1. The third-order valence-electron chi connectivity index (χ3n) is 4.79. The number of amides is 1. The highest BCUT2D eigenvalue weighted by Gasteiger charge is 2.31. The zero-order valence-electron chi connectivity index (χ0n) is 16.7. The molecule has 0 aliphatic carbocycles. The Morgan fingerprint density at radius 2 is 1.93 bits per heavy atom. The molecule has 1 N–H and O–H groups in total. The van der Waals surface area contributed by atoms with Gasteiger partial charge in [0.2, 0.25) is 21.7 Å². The highest BCUT2D eigenvalue weighted by Crippen LogP contribution is 2.35. The molecule has 0 spiro atoms. The van der Waals surface area contributed by atoms with Crippen LogP contribution < -0.4 is 10.1 Å². The number of carbonyl (C=O) groups excluding carboxylic acids is 1. The Bertz CT molecular complexity index is 1050. The maximum atomic E-state index is 12.9. The van der Waals surface area contributed by atoms with Gasteiger partial charge in [-0.25, -0.2) is 8.42 Å². The molecule has 3 rings (SSSR count). The summed E-state index contributed by atoms with van der Waals surface area (Å²) >= 11 is 0. The molecule has 10 heteroatoms. The summed E-state index contributed by atoms with van der Waals surface area (Å²) in [5, 5.41) is 14.2. The number of piperidine rings is 1. The van der Waals surface area contributed by atoms with Crippen LogP contribution in [0.3, 0.4) is 0 Å². The Morgan fingerprint density at radius 1 is 1.23 bits per heavy atom. The Kier molecular flexibility index (Phi) is 6.37. The first-order valence-electron chi connectivity index (χ1n) is 9.51. The van der Waals surface area contributed by atoms with Crippen LogP contribution in [0, 0.1) is 16.0 Å². The van der Waals surface area contributed by atoms with Crippen LogP contribution in [0.2, 0.25) is 0 Å². The molecule has 2 aromatic rings. The number of rotatable bonds is 6. The zero-order valence-corrected chi connectivity index (χ0v) is 17.5. The highest BCUT2D eigenvalue weighted by molar-refractivity contribution is 7.89. The minimum absolute atomic E-state index is 0.0711. The largest absolute Gasteiger partial charge is 0.450 e. The van der Waals surface area contributed by atoms with Crippen molar-refractivity contribution in [1.82, 2.24) is 4.31 Å². The number of sulfonamides is 1. The van der Waals surface area contributed by atoms with Gasteiger partial charge in [0.25, 0.3) is 0 Å². The summed E-state index contributed by atoms with van der Waals surface area (Å²) in [7, 11) is -3.82. The molecule has 30 heavy (non-hydrogen) atoms. The maximum Gasteiger partial charge on any atom is 0.312 e. The number of anilines is 1. The summed E-state index contributed by atoms with van der Waals surface area (Å²) < 4.78 is 32.8. The lowest BCUT2D eigenvalue weighted by Gasteiger charge is -2.30. The lowest BCUT2D eigenvalue weighted by molar-refractivity contribution is -0.385. The van der Waals surface area contributed by atoms with E-state index in [0.29, 0.717) is 24.5 Å². The molecule has 1 fully saturated rings. The molecule has 0 radical (unpaired) electrons. The third kappa shape index (κ3) is 4.95. The number of ether oxygens (including phenoxy) is 1. The summed E-state index contributed by atoms with van der Waals surface area (Å²) in [6.07, 6.45) is 1.72. The molecule has 160 valence electrons. The fourth-order valence-corrected chi connectivity index (χ4v) is 4.96. The van der Waals surface area contributed by atoms with E-state index >= 15 is 0 Å². The fourth-order valence-electron chi connectivity index (χ4n) is 3.34. The second kappa shape index (κ2) is 8.80. The third-order valence-corrected chi connectivity index (χ3v) is 6.65. The Hall–Kier alpha value is -2.98. The normalized spacial score (nSPS) is 17.3. The smallest absolute Gasteiger partial charge is 0.312 e. The first-order valence-corrected chi connectivity index (χ1v) is 10.9. The van der Waals surface area contributed by atoms with Crippen LogP contribution in [0.15, 0.2) is 47.4 Å². The minimum atomic E-state index is -3.82. The predicted molar refractivity (Wildman–Crippen MR) is 111 cm³/mol. The molecule has 0 aromatic heterocycles. The van der Waals surface area contributed by atoms with E-state index in [-0.39, 0.29) is 22.5 Å². The molecule has 1 heterocycles. The van der Waals surface area contributed by atoms with Crippen molar-refractivity contribution >= 4 is 27.3 Å². The lowest BCUT2D eigenvalue weighted by Crippen LogP contribution is -2.39. The molecular formula is C20H23N3O6S. The van der Waals surface area contributed by atoms with Crippen LogP contribution >= 0.6 is 0 Å². The Morgan fingerprint density at radius 3 is 2.53 bits per heavy atom. The highest BCUT2D eigenvalue weighted by atomic mass is 32.2. The number of nitro benzene ring substituents is 1. The zero-order chi connectivity index (χ0) is 21.9. The van der Waals surface area contributed by atoms with Gasteiger partial charge in [-0.1, -0.05) is 6.92 Å². The van der Waals surface area contributed by atoms with Gasteiger partial charge in [-0.15, -0.1) is 0 Å². The van der Waals surface area contributed by atoms with Crippen molar-refractivity contribution in [3.63, 3.8) is 0 Å². The van der Waals surface area contributed by atoms with Crippen LogP contribution in [-0.2, 0) is 14.8 Å². The lowest BCUT2D eigenvalue weighted by atomic mass is 10.0. The molecule has 1 aliphatic heterocycles. The van der Waals surface area contributed by atoms with Gasteiger partial charge in [-0.05, 0) is 55.2 Å². The van der Waals surface area contributed by atoms with Gasteiger partial charge < -0.3 is 10.1 Å². The van der Waals surface area contributed by atoms with Crippen molar-refractivity contribution in [3.05, 3.63) is 52.6 Å². The number of hydrogen-bond donors (Lipinski definition) is 1. The van der Waals surface area contributed by atoms with Crippen molar-refractivity contribution < 1.29 is 22.9 Å². The molecular weight excluding hydrogens is 410 g/mol. The monoisotopic (exact) mass is 433 g/mol. The molecule has 1 amide bonds. The molecule has 2 aromatic carbocycles. The molecule has 0 unspecified atom stereocenters. The topological polar surface area (TPSA) is 119 Å². The summed E-state index contributed by atoms with van der Waals surface area (Å²) in [5.41, 5.74) is 0.119. The quantitative estimate of drug-likeness (QED) is 0.547. The summed E-state index contributed by atoms with van der Waals surface area (Å²) in [4.78, 5) is 21.9. The van der Waals surface area contributed by atoms with Crippen molar-refractivity contribution in [1.29, 1.82) is 0 Å². The maximum absolute atomic E-state index is 12.9. The van der Waals surface area contributed by atoms with Crippen LogP contribution in [-0.4, -0.2) is 36.6 Å². The number of hydrogen-bond acceptors (Lipinski definition) is 6. The molecule has 1 aliphatic rings. The number of nitrogens with one attached hydrogen (secondary N) is 1. The van der Waals surface area contributed by atoms with Crippen molar-refractivity contribution in [2.24, 2.45) is 5.92 Å². The molecule has 0 saturated carbocycles. The van der Waals surface area contributed by atoms with E-state index in [1.807, 2.05) is 6.92 Å². The van der Waals surface area contributed by atoms with Crippen molar-refractivity contribution in [3.8, 4) is 11.5 Å². The second-order valence-electron chi connectivity index (χ2n) is 7.30. The van der Waals surface area contributed by atoms with Gasteiger partial charge in [0.05, 0.1) is 9.82 Å². The standard InChI is InChI=1S/C20H23N3O6S/c1-14-4-3-11-22(13-14)30(27,28)18-9-10-20(19(12-18)23(25)26)29-17-7-5-16(6-8-17)21-15(2)24/h5-10,12,14H,3-4,11,13H2,1-2H3,(H,21,24)/t14-/m0/s1. The summed E-state index contributed by atoms with van der Waals surface area (Å²) in [6, 6.07) is 9.94. The molecule has 1 atom stereocenters. The minimum Gasteiger partial charge on any atom is -0.450 e. The van der Waals surface area contributed by atoms with Gasteiger partial charge in [0, 0.05) is 31.8 Å². The molecule has 9 nitrogen and oxygen atoms in total. The van der Waals surface area contributed by atoms with Crippen LogP contribution in [0.1, 0.15) is 26.7 Å². The van der Waals surface area contributed by atoms with Gasteiger partial charge in [-0.3, -0.25) is 14.9 Å². The van der Waals surface area contributed by atoms with Gasteiger partial charge in [0.15, 0.2) is 0 Å². The average Bonchev–Trinajstić information content (AvgIpc) is 2.69. The molecule has 1 saturated heterocycles. The van der Waals surface area contributed by atoms with Crippen LogP contribution in [0.4, 0.5) is 11.4 Å². The van der Waals surface area contributed by atoms with Gasteiger partial charge >= 0.3 is 5.69 Å². The first kappa shape index (κ1) is 21.7. The SMILES string of the molecule is CC(=O)Nc1ccc(Oc2ccc(S(=O)(=O)N3CCC[C@H](C)C3)cc2[N+](=O)[O-])cc1. The van der Waals surface area contributed by atoms with E-state index < -0.39 is 20.6 Å². The number of nitro groups is 1. The van der Waals surface area contributed by atoms with E-state index in [1.54, 1.807) is 24.3 Å². The fraction of sp³-hybridized carbons (Fsp3) is 0.350. The number of benzene rings is 2.